The minimum atomic E-state index is -4.29. The molecule has 0 spiro atoms. The Labute approximate surface area is 86.5 Å². The van der Waals surface area contributed by atoms with Crippen LogP contribution in [0, 0.1) is 6.07 Å². The van der Waals surface area contributed by atoms with E-state index in [1.807, 2.05) is 0 Å². The average Bonchev–Trinajstić information content (AvgIpc) is 2.15. The lowest BCUT2D eigenvalue weighted by atomic mass is 10.1. The zero-order valence-electron chi connectivity index (χ0n) is 7.51. The summed E-state index contributed by atoms with van der Waals surface area (Å²) in [7, 11) is -4.29. The topological polar surface area (TPSA) is 74.6 Å². The van der Waals surface area contributed by atoms with Crippen LogP contribution in [0.5, 0.6) is 5.75 Å². The van der Waals surface area contributed by atoms with E-state index in [-0.39, 0.29) is 16.0 Å². The highest BCUT2D eigenvalue weighted by atomic mass is 32.2. The van der Waals surface area contributed by atoms with E-state index >= 15 is 0 Å². The zero-order valence-corrected chi connectivity index (χ0v) is 8.32. The second kappa shape index (κ2) is 3.22. The zero-order chi connectivity index (χ0) is 11.1. The molecule has 0 aliphatic heterocycles. The molecule has 2 N–H and O–H groups in total. The Morgan fingerprint density at radius 1 is 1.13 bits per heavy atom. The summed E-state index contributed by atoms with van der Waals surface area (Å²) in [5.41, 5.74) is 0. The smallest absolute Gasteiger partial charge is 0.295 e. The predicted molar refractivity (Wildman–Crippen MR) is 54.3 cm³/mol. The molecule has 0 heterocycles. The van der Waals surface area contributed by atoms with Crippen molar-refractivity contribution in [2.45, 2.75) is 4.90 Å². The Hall–Kier alpha value is -1.59. The molecule has 0 saturated heterocycles. The van der Waals surface area contributed by atoms with E-state index in [0.29, 0.717) is 5.39 Å². The Kier molecular flexibility index (Phi) is 2.13. The van der Waals surface area contributed by atoms with Gasteiger partial charge in [-0.2, -0.15) is 8.42 Å². The lowest BCUT2D eigenvalue weighted by Gasteiger charge is -2.03. The van der Waals surface area contributed by atoms with Crippen molar-refractivity contribution in [1.82, 2.24) is 0 Å². The molecule has 5 heteroatoms. The van der Waals surface area contributed by atoms with Crippen LogP contribution in [0.4, 0.5) is 0 Å². The van der Waals surface area contributed by atoms with E-state index in [4.69, 9.17) is 4.55 Å². The van der Waals surface area contributed by atoms with Crippen LogP contribution in [0.25, 0.3) is 10.8 Å². The molecule has 77 valence electrons. The molecule has 2 aromatic carbocycles. The van der Waals surface area contributed by atoms with Gasteiger partial charge in [0.05, 0.1) is 0 Å². The van der Waals surface area contributed by atoms with Crippen LogP contribution >= 0.6 is 0 Å². The highest BCUT2D eigenvalue weighted by molar-refractivity contribution is 7.86. The number of fused-ring (bicyclic) bond motifs is 1. The van der Waals surface area contributed by atoms with Gasteiger partial charge in [-0.25, -0.2) is 0 Å². The standard InChI is InChI=1S/C10H7O4S/c11-8-5-4-7-2-1-3-10(9(7)6-8)15(12,13)14/h1-5,11H,(H,12,13,14). The third-order valence-corrected chi connectivity index (χ3v) is 2.91. The van der Waals surface area contributed by atoms with Crippen molar-refractivity contribution in [3.8, 4) is 5.75 Å². The second-order valence-corrected chi connectivity index (χ2v) is 4.43. The van der Waals surface area contributed by atoms with Crippen molar-refractivity contribution in [1.29, 1.82) is 0 Å². The van der Waals surface area contributed by atoms with Crippen molar-refractivity contribution < 1.29 is 18.1 Å². The summed E-state index contributed by atoms with van der Waals surface area (Å²) >= 11 is 0. The lowest BCUT2D eigenvalue weighted by molar-refractivity contribution is 0.475. The molecule has 0 aliphatic rings. The van der Waals surface area contributed by atoms with Gasteiger partial charge in [0.2, 0.25) is 0 Å². The number of phenolic OH excluding ortho intramolecular Hbond substituents is 1. The van der Waals surface area contributed by atoms with Gasteiger partial charge >= 0.3 is 0 Å². The van der Waals surface area contributed by atoms with Crippen LogP contribution in [0.1, 0.15) is 0 Å². The van der Waals surface area contributed by atoms with Crippen molar-refractivity contribution in [3.63, 3.8) is 0 Å². The van der Waals surface area contributed by atoms with E-state index in [9.17, 15) is 13.5 Å². The van der Waals surface area contributed by atoms with Gasteiger partial charge in [-0.1, -0.05) is 18.2 Å². The molecule has 0 fully saturated rings. The average molecular weight is 223 g/mol. The van der Waals surface area contributed by atoms with Crippen molar-refractivity contribution in [2.75, 3.05) is 0 Å². The number of phenols is 1. The summed E-state index contributed by atoms with van der Waals surface area (Å²) in [6.45, 7) is 0. The first kappa shape index (κ1) is 9.95. The quantitative estimate of drug-likeness (QED) is 0.720. The second-order valence-electron chi connectivity index (χ2n) is 3.04. The van der Waals surface area contributed by atoms with Crippen LogP contribution in [0.2, 0.25) is 0 Å². The molecule has 0 amide bonds. The van der Waals surface area contributed by atoms with Crippen LogP contribution in [0.3, 0.4) is 0 Å². The summed E-state index contributed by atoms with van der Waals surface area (Å²) < 4.78 is 31.0. The van der Waals surface area contributed by atoms with Gasteiger partial charge in [-0.15, -0.1) is 0 Å². The van der Waals surface area contributed by atoms with E-state index in [1.165, 1.54) is 18.2 Å². The molecule has 0 aromatic heterocycles. The monoisotopic (exact) mass is 223 g/mol. The molecule has 0 aliphatic carbocycles. The third-order valence-electron chi connectivity index (χ3n) is 2.01. The molecule has 4 nitrogen and oxygen atoms in total. The first-order chi connectivity index (χ1) is 6.98. The highest BCUT2D eigenvalue weighted by Gasteiger charge is 2.13. The maximum Gasteiger partial charge on any atom is 0.295 e. The first-order valence-corrected chi connectivity index (χ1v) is 5.54. The van der Waals surface area contributed by atoms with Gasteiger partial charge in [-0.3, -0.25) is 4.55 Å². The number of benzene rings is 2. The van der Waals surface area contributed by atoms with Gasteiger partial charge < -0.3 is 5.11 Å². The van der Waals surface area contributed by atoms with Gasteiger partial charge in [-0.05, 0) is 17.5 Å². The number of rotatable bonds is 1. The summed E-state index contributed by atoms with van der Waals surface area (Å²) in [4.78, 5) is -0.254. The minimum Gasteiger partial charge on any atom is -0.507 e. The van der Waals surface area contributed by atoms with E-state index in [2.05, 4.69) is 6.07 Å². The van der Waals surface area contributed by atoms with Crippen molar-refractivity contribution in [3.05, 3.63) is 36.4 Å². The summed E-state index contributed by atoms with van der Waals surface area (Å²) in [5.74, 6) is -0.168. The molecule has 15 heavy (non-hydrogen) atoms. The molecule has 2 aromatic rings. The summed E-state index contributed by atoms with van der Waals surface area (Å²) in [6, 6.07) is 9.87. The van der Waals surface area contributed by atoms with E-state index in [1.54, 1.807) is 12.1 Å². The lowest BCUT2D eigenvalue weighted by Crippen LogP contribution is -1.98. The highest BCUT2D eigenvalue weighted by Crippen LogP contribution is 2.25. The number of hydrogen-bond acceptors (Lipinski definition) is 3. The van der Waals surface area contributed by atoms with Gasteiger partial charge in [0.15, 0.2) is 0 Å². The molecule has 0 atom stereocenters. The Balaban J connectivity index is 2.92. The van der Waals surface area contributed by atoms with Gasteiger partial charge in [0.1, 0.15) is 10.6 Å². The normalized spacial score (nSPS) is 11.8. The molecule has 0 saturated carbocycles. The maximum atomic E-state index is 11.0. The fourth-order valence-corrected chi connectivity index (χ4v) is 2.05. The fourth-order valence-electron chi connectivity index (χ4n) is 1.37. The summed E-state index contributed by atoms with van der Waals surface area (Å²) in [5, 5.41) is 9.96. The van der Waals surface area contributed by atoms with E-state index in [0.717, 1.165) is 0 Å². The van der Waals surface area contributed by atoms with Crippen molar-refractivity contribution in [2.24, 2.45) is 0 Å². The molecular formula is C10H7O4S. The maximum absolute atomic E-state index is 11.0. The van der Waals surface area contributed by atoms with Crippen LogP contribution in [0.15, 0.2) is 35.2 Å². The van der Waals surface area contributed by atoms with Gasteiger partial charge in [0, 0.05) is 11.5 Å². The Morgan fingerprint density at radius 3 is 2.53 bits per heavy atom. The largest absolute Gasteiger partial charge is 0.507 e. The Morgan fingerprint density at radius 2 is 1.87 bits per heavy atom. The molecule has 2 rings (SSSR count). The van der Waals surface area contributed by atoms with Crippen LogP contribution in [-0.2, 0) is 10.1 Å². The molecule has 0 bridgehead atoms. The fraction of sp³-hybridized carbons (Fsp3) is 0. The Bertz CT molecular complexity index is 616. The third kappa shape index (κ3) is 1.79. The molecule has 0 unspecified atom stereocenters. The van der Waals surface area contributed by atoms with Crippen molar-refractivity contribution >= 4 is 20.9 Å². The first-order valence-electron chi connectivity index (χ1n) is 4.10. The molecular weight excluding hydrogens is 216 g/mol. The minimum absolute atomic E-state index is 0.168. The number of hydrogen-bond donors (Lipinski definition) is 2. The SMILES string of the molecule is O=S(=O)(O)c1cccc2ccc(O)[c]c12. The van der Waals surface area contributed by atoms with E-state index < -0.39 is 10.1 Å². The van der Waals surface area contributed by atoms with Crippen LogP contribution < -0.4 is 0 Å². The number of aromatic hydroxyl groups is 1. The summed E-state index contributed by atoms with van der Waals surface area (Å²) in [6.07, 6.45) is 0. The predicted octanol–water partition coefficient (Wildman–Crippen LogP) is 1.59. The van der Waals surface area contributed by atoms with Gasteiger partial charge in [0.25, 0.3) is 10.1 Å². The van der Waals surface area contributed by atoms with Crippen LogP contribution in [-0.4, -0.2) is 18.1 Å². The molecule has 1 radical (unpaired) electrons.